The molecule has 1 N–H and O–H groups in total. The number of carbonyl (C=O) groups excluding carboxylic acids is 1. The highest BCUT2D eigenvalue weighted by atomic mass is 16.3. The van der Waals surface area contributed by atoms with Crippen LogP contribution in [-0.2, 0) is 0 Å². The number of amides is 1. The number of aromatic nitrogens is 2. The summed E-state index contributed by atoms with van der Waals surface area (Å²) in [5.74, 6) is 0.878. The third-order valence-electron chi connectivity index (χ3n) is 4.62. The predicted octanol–water partition coefficient (Wildman–Crippen LogP) is 4.79. The zero-order chi connectivity index (χ0) is 17.7. The van der Waals surface area contributed by atoms with Gasteiger partial charge in [-0.1, -0.05) is 36.4 Å². The highest BCUT2D eigenvalue weighted by Crippen LogP contribution is 2.36. The topological polar surface area (TPSA) is 59.5 Å². The first-order valence-electron chi connectivity index (χ1n) is 8.37. The standard InChI is InChI=1S/C21H15N3O2/c1-13-22-16-9-4-2-7-14(16)20-19(23-21(25)18-11-6-12-26-18)15-8-3-5-10-17(15)24(13)20/h2-12H,1H3,(H,23,25). The molecule has 0 saturated carbocycles. The first-order valence-corrected chi connectivity index (χ1v) is 8.37. The summed E-state index contributed by atoms with van der Waals surface area (Å²) in [6.45, 7) is 1.98. The summed E-state index contributed by atoms with van der Waals surface area (Å²) in [5, 5.41) is 5.00. The quantitative estimate of drug-likeness (QED) is 0.502. The zero-order valence-electron chi connectivity index (χ0n) is 14.1. The number of nitrogens with one attached hydrogen (secondary N) is 1. The Kier molecular flexibility index (Phi) is 3.09. The summed E-state index contributed by atoms with van der Waals surface area (Å²) in [7, 11) is 0. The van der Waals surface area contributed by atoms with E-state index in [9.17, 15) is 4.79 Å². The number of anilines is 1. The van der Waals surface area contributed by atoms with E-state index in [0.29, 0.717) is 0 Å². The van der Waals surface area contributed by atoms with Crippen molar-refractivity contribution in [3.63, 3.8) is 0 Å². The molecule has 0 fully saturated rings. The fourth-order valence-corrected chi connectivity index (χ4v) is 3.54. The molecule has 3 heterocycles. The largest absolute Gasteiger partial charge is 0.459 e. The third-order valence-corrected chi connectivity index (χ3v) is 4.62. The van der Waals surface area contributed by atoms with Crippen molar-refractivity contribution in [2.45, 2.75) is 6.92 Å². The summed E-state index contributed by atoms with van der Waals surface area (Å²) in [5.41, 5.74) is 3.61. The van der Waals surface area contributed by atoms with Gasteiger partial charge in [0.05, 0.1) is 28.5 Å². The molecule has 0 aliphatic carbocycles. The minimum absolute atomic E-state index is 0.271. The molecule has 126 valence electrons. The second-order valence-corrected chi connectivity index (χ2v) is 6.18. The lowest BCUT2D eigenvalue weighted by molar-refractivity contribution is 0.0997. The molecule has 26 heavy (non-hydrogen) atoms. The number of hydrogen-bond acceptors (Lipinski definition) is 3. The molecule has 1 amide bonds. The first-order chi connectivity index (χ1) is 12.7. The van der Waals surface area contributed by atoms with Crippen LogP contribution in [0.3, 0.4) is 0 Å². The first kappa shape index (κ1) is 14.7. The summed E-state index contributed by atoms with van der Waals surface area (Å²) < 4.78 is 7.34. The van der Waals surface area contributed by atoms with E-state index in [1.54, 1.807) is 12.1 Å². The second-order valence-electron chi connectivity index (χ2n) is 6.18. The molecule has 0 aliphatic rings. The van der Waals surface area contributed by atoms with E-state index in [2.05, 4.69) is 9.72 Å². The van der Waals surface area contributed by atoms with Gasteiger partial charge in [0.15, 0.2) is 5.76 Å². The molecule has 0 atom stereocenters. The van der Waals surface area contributed by atoms with E-state index in [4.69, 9.17) is 9.40 Å². The van der Waals surface area contributed by atoms with Crippen molar-refractivity contribution < 1.29 is 9.21 Å². The van der Waals surface area contributed by atoms with Crippen molar-refractivity contribution in [2.75, 3.05) is 5.32 Å². The Labute approximate surface area is 148 Å². The number of fused-ring (bicyclic) bond motifs is 5. The van der Waals surface area contributed by atoms with Gasteiger partial charge in [0.1, 0.15) is 5.82 Å². The van der Waals surface area contributed by atoms with Gasteiger partial charge in [-0.25, -0.2) is 4.98 Å². The van der Waals surface area contributed by atoms with Crippen molar-refractivity contribution >= 4 is 38.9 Å². The fraction of sp³-hybridized carbons (Fsp3) is 0.0476. The van der Waals surface area contributed by atoms with E-state index in [1.165, 1.54) is 6.26 Å². The Morgan fingerprint density at radius 1 is 1.00 bits per heavy atom. The van der Waals surface area contributed by atoms with Crippen LogP contribution in [-0.4, -0.2) is 15.3 Å². The molecule has 0 radical (unpaired) electrons. The molecule has 5 rings (SSSR count). The monoisotopic (exact) mass is 341 g/mol. The Hall–Kier alpha value is -3.60. The zero-order valence-corrected chi connectivity index (χ0v) is 14.1. The molecule has 0 spiro atoms. The maximum Gasteiger partial charge on any atom is 0.291 e. The van der Waals surface area contributed by atoms with E-state index >= 15 is 0 Å². The maximum atomic E-state index is 12.7. The smallest absolute Gasteiger partial charge is 0.291 e. The molecule has 0 bridgehead atoms. The number of carbonyl (C=O) groups is 1. The Bertz CT molecular complexity index is 1280. The molecule has 5 aromatic rings. The van der Waals surface area contributed by atoms with E-state index in [-0.39, 0.29) is 11.7 Å². The van der Waals surface area contributed by atoms with Crippen LogP contribution in [0.25, 0.3) is 27.3 Å². The number of aryl methyl sites for hydroxylation is 1. The SMILES string of the molecule is Cc1nc2ccccc2c2c(NC(=O)c3ccco3)c3ccccc3n12. The molecule has 2 aromatic carbocycles. The summed E-state index contributed by atoms with van der Waals surface area (Å²) in [6, 6.07) is 19.3. The second kappa shape index (κ2) is 5.46. The Balaban J connectivity index is 1.89. The van der Waals surface area contributed by atoms with Crippen molar-refractivity contribution in [2.24, 2.45) is 0 Å². The molecule has 0 unspecified atom stereocenters. The lowest BCUT2D eigenvalue weighted by Crippen LogP contribution is -2.11. The maximum absolute atomic E-state index is 12.7. The number of hydrogen-bond donors (Lipinski definition) is 1. The van der Waals surface area contributed by atoms with Crippen LogP contribution in [0.1, 0.15) is 16.4 Å². The van der Waals surface area contributed by atoms with Crippen LogP contribution in [0.15, 0.2) is 71.3 Å². The molecule has 0 saturated heterocycles. The average molecular weight is 341 g/mol. The Morgan fingerprint density at radius 2 is 1.77 bits per heavy atom. The van der Waals surface area contributed by atoms with Crippen molar-refractivity contribution in [1.82, 2.24) is 9.38 Å². The van der Waals surface area contributed by atoms with Gasteiger partial charge in [-0.05, 0) is 31.2 Å². The van der Waals surface area contributed by atoms with Gasteiger partial charge in [0.25, 0.3) is 5.91 Å². The highest BCUT2D eigenvalue weighted by molar-refractivity contribution is 6.18. The van der Waals surface area contributed by atoms with Crippen LogP contribution < -0.4 is 5.32 Å². The van der Waals surface area contributed by atoms with Crippen molar-refractivity contribution in [1.29, 1.82) is 0 Å². The molecular formula is C21H15N3O2. The van der Waals surface area contributed by atoms with Gasteiger partial charge in [0, 0.05) is 10.8 Å². The number of para-hydroxylation sites is 2. The van der Waals surface area contributed by atoms with Crippen LogP contribution in [0, 0.1) is 6.92 Å². The van der Waals surface area contributed by atoms with Gasteiger partial charge in [-0.15, -0.1) is 0 Å². The minimum atomic E-state index is -0.271. The summed E-state index contributed by atoms with van der Waals surface area (Å²) in [4.78, 5) is 17.4. The van der Waals surface area contributed by atoms with E-state index in [0.717, 1.165) is 38.8 Å². The number of nitrogens with zero attached hydrogens (tertiary/aromatic N) is 2. The van der Waals surface area contributed by atoms with Gasteiger partial charge in [0.2, 0.25) is 0 Å². The van der Waals surface area contributed by atoms with Gasteiger partial charge in [-0.3, -0.25) is 9.20 Å². The normalized spacial score (nSPS) is 11.4. The van der Waals surface area contributed by atoms with E-state index in [1.807, 2.05) is 55.5 Å². The minimum Gasteiger partial charge on any atom is -0.459 e. The van der Waals surface area contributed by atoms with Crippen LogP contribution in [0.4, 0.5) is 5.69 Å². The third kappa shape index (κ3) is 2.04. The lowest BCUT2D eigenvalue weighted by atomic mass is 10.1. The van der Waals surface area contributed by atoms with Crippen LogP contribution in [0.2, 0.25) is 0 Å². The summed E-state index contributed by atoms with van der Waals surface area (Å²) in [6.07, 6.45) is 1.49. The molecule has 3 aromatic heterocycles. The average Bonchev–Trinajstić information content (AvgIpc) is 3.30. The molecule has 5 nitrogen and oxygen atoms in total. The highest BCUT2D eigenvalue weighted by Gasteiger charge is 2.19. The van der Waals surface area contributed by atoms with Gasteiger partial charge >= 0.3 is 0 Å². The van der Waals surface area contributed by atoms with Crippen molar-refractivity contribution in [3.8, 4) is 0 Å². The van der Waals surface area contributed by atoms with Crippen LogP contribution >= 0.6 is 0 Å². The Morgan fingerprint density at radius 3 is 2.58 bits per heavy atom. The molecule has 0 aliphatic heterocycles. The van der Waals surface area contributed by atoms with Gasteiger partial charge < -0.3 is 9.73 Å². The van der Waals surface area contributed by atoms with E-state index < -0.39 is 0 Å². The summed E-state index contributed by atoms with van der Waals surface area (Å²) >= 11 is 0. The molecule has 5 heteroatoms. The fourth-order valence-electron chi connectivity index (χ4n) is 3.54. The van der Waals surface area contributed by atoms with Crippen LogP contribution in [0.5, 0.6) is 0 Å². The number of rotatable bonds is 2. The number of benzene rings is 2. The number of furan rings is 1. The molecular weight excluding hydrogens is 326 g/mol. The predicted molar refractivity (Wildman–Crippen MR) is 102 cm³/mol. The lowest BCUT2D eigenvalue weighted by Gasteiger charge is -2.08. The van der Waals surface area contributed by atoms with Gasteiger partial charge in [-0.2, -0.15) is 0 Å². The van der Waals surface area contributed by atoms with Crippen molar-refractivity contribution in [3.05, 3.63) is 78.5 Å².